The summed E-state index contributed by atoms with van der Waals surface area (Å²) in [6, 6.07) is 5.43. The van der Waals surface area contributed by atoms with Crippen molar-refractivity contribution in [3.8, 4) is 11.5 Å². The van der Waals surface area contributed by atoms with E-state index in [1.54, 1.807) is 0 Å². The van der Waals surface area contributed by atoms with Gasteiger partial charge in [0.2, 0.25) is 0 Å². The highest BCUT2D eigenvalue weighted by Crippen LogP contribution is 2.37. The molecule has 0 atom stereocenters. The lowest BCUT2D eigenvalue weighted by Gasteiger charge is -2.16. The predicted octanol–water partition coefficient (Wildman–Crippen LogP) is 4.78. The Morgan fingerprint density at radius 2 is 1.55 bits per heavy atom. The quantitative estimate of drug-likeness (QED) is 0.390. The van der Waals surface area contributed by atoms with Crippen LogP contribution in [0.2, 0.25) is 0 Å². The number of alkyl halides is 6. The largest absolute Gasteiger partial charge is 0.497 e. The van der Waals surface area contributed by atoms with E-state index in [-0.39, 0.29) is 28.6 Å². The normalized spacial score (nSPS) is 12.5. The molecule has 0 saturated carbocycles. The first kappa shape index (κ1) is 23.9. The fourth-order valence-electron chi connectivity index (χ4n) is 2.49. The summed E-state index contributed by atoms with van der Waals surface area (Å²) >= 11 is 0. The second kappa shape index (κ2) is 9.19. The second-order valence-electron chi connectivity index (χ2n) is 6.20. The molecule has 0 bridgehead atoms. The van der Waals surface area contributed by atoms with Crippen LogP contribution in [0.5, 0.6) is 11.5 Å². The zero-order valence-electron chi connectivity index (χ0n) is 16.2. The molecule has 0 radical (unpaired) electrons. The molecule has 0 aliphatic heterocycles. The lowest BCUT2D eigenvalue weighted by molar-refractivity contribution is -0.143. The summed E-state index contributed by atoms with van der Waals surface area (Å²) in [5, 5.41) is 0. The third-order valence-corrected chi connectivity index (χ3v) is 3.99. The van der Waals surface area contributed by atoms with E-state index in [1.165, 1.54) is 31.4 Å². The molecule has 2 aromatic rings. The van der Waals surface area contributed by atoms with E-state index in [9.17, 15) is 31.1 Å². The Balaban J connectivity index is 2.43. The first-order valence-corrected chi connectivity index (χ1v) is 8.50. The lowest BCUT2D eigenvalue weighted by atomic mass is 10.1. The fraction of sp³-hybridized carbons (Fsp3) is 0.250. The Morgan fingerprint density at radius 3 is 2.03 bits per heavy atom. The van der Waals surface area contributed by atoms with Crippen molar-refractivity contribution in [1.82, 2.24) is 0 Å². The minimum absolute atomic E-state index is 0.0113. The lowest BCUT2D eigenvalue weighted by Crippen LogP contribution is -2.13. The number of esters is 1. The molecule has 0 heterocycles. The third-order valence-electron chi connectivity index (χ3n) is 3.99. The van der Waals surface area contributed by atoms with E-state index < -0.39 is 36.1 Å². The number of carbonyl (C=O) groups is 1. The van der Waals surface area contributed by atoms with Crippen molar-refractivity contribution < 1.29 is 45.3 Å². The number of hydrogen-bond acceptors (Lipinski definition) is 5. The molecule has 0 saturated heterocycles. The van der Waals surface area contributed by atoms with Crippen molar-refractivity contribution >= 4 is 12.0 Å². The highest BCUT2D eigenvalue weighted by molar-refractivity contribution is 5.93. The maximum Gasteiger partial charge on any atom is 0.416 e. The van der Waals surface area contributed by atoms with E-state index in [1.807, 2.05) is 0 Å². The van der Waals surface area contributed by atoms with Crippen LogP contribution in [0.1, 0.15) is 22.3 Å². The third kappa shape index (κ3) is 6.30. The van der Waals surface area contributed by atoms with Crippen molar-refractivity contribution in [3.05, 3.63) is 64.3 Å². The summed E-state index contributed by atoms with van der Waals surface area (Å²) in [5.41, 5.74) is 2.25. The summed E-state index contributed by atoms with van der Waals surface area (Å²) < 4.78 is 93.1. The van der Waals surface area contributed by atoms with E-state index in [0.717, 1.165) is 7.11 Å². The van der Waals surface area contributed by atoms with E-state index >= 15 is 0 Å². The van der Waals surface area contributed by atoms with Crippen molar-refractivity contribution in [1.29, 1.82) is 0 Å². The van der Waals surface area contributed by atoms with Gasteiger partial charge in [-0.1, -0.05) is 0 Å². The van der Waals surface area contributed by atoms with Crippen LogP contribution in [-0.4, -0.2) is 20.2 Å². The summed E-state index contributed by atoms with van der Waals surface area (Å²) in [5.74, 6) is -0.532. The predicted molar refractivity (Wildman–Crippen MR) is 98.0 cm³/mol. The molecule has 0 fully saturated rings. The number of hydrogen-bond donors (Lipinski definition) is 1. The minimum atomic E-state index is -4.98. The molecular weight excluding hydrogens is 432 g/mol. The zero-order valence-corrected chi connectivity index (χ0v) is 16.2. The van der Waals surface area contributed by atoms with Crippen LogP contribution >= 0.6 is 0 Å². The number of halogens is 6. The van der Waals surface area contributed by atoms with Gasteiger partial charge in [0.05, 0.1) is 25.3 Å². The molecule has 0 spiro atoms. The van der Waals surface area contributed by atoms with Crippen LogP contribution in [0.15, 0.2) is 42.1 Å². The standard InChI is InChI=1S/C20H17F6NO4/c1-29-15-4-3-12(7-16(27)18(28)30-2)17(9-15)31-10-11-5-13(19(21,22)23)8-14(6-11)20(24,25)26/h3-9H,10,27H2,1-2H3/b16-7-. The summed E-state index contributed by atoms with van der Waals surface area (Å²) in [6.07, 6.45) is -8.77. The molecule has 168 valence electrons. The van der Waals surface area contributed by atoms with Crippen LogP contribution in [-0.2, 0) is 28.5 Å². The molecule has 0 amide bonds. The van der Waals surface area contributed by atoms with Crippen molar-refractivity contribution in [2.24, 2.45) is 5.73 Å². The minimum Gasteiger partial charge on any atom is -0.497 e. The van der Waals surface area contributed by atoms with Gasteiger partial charge >= 0.3 is 18.3 Å². The van der Waals surface area contributed by atoms with Crippen LogP contribution < -0.4 is 15.2 Å². The van der Waals surface area contributed by atoms with Gasteiger partial charge in [-0.2, -0.15) is 26.3 Å². The summed E-state index contributed by atoms with van der Waals surface area (Å²) in [7, 11) is 2.46. The summed E-state index contributed by atoms with van der Waals surface area (Å²) in [4.78, 5) is 11.5. The Labute approximate surface area is 173 Å². The number of ether oxygens (including phenoxy) is 3. The highest BCUT2D eigenvalue weighted by atomic mass is 19.4. The fourth-order valence-corrected chi connectivity index (χ4v) is 2.49. The van der Waals surface area contributed by atoms with Crippen LogP contribution in [0.4, 0.5) is 26.3 Å². The highest BCUT2D eigenvalue weighted by Gasteiger charge is 2.36. The maximum absolute atomic E-state index is 13.0. The van der Waals surface area contributed by atoms with Crippen LogP contribution in [0, 0.1) is 0 Å². The van der Waals surface area contributed by atoms with Gasteiger partial charge < -0.3 is 19.9 Å². The molecule has 5 nitrogen and oxygen atoms in total. The van der Waals surface area contributed by atoms with Crippen molar-refractivity contribution in [3.63, 3.8) is 0 Å². The van der Waals surface area contributed by atoms with Crippen molar-refractivity contribution in [2.75, 3.05) is 14.2 Å². The Kier molecular flexibility index (Phi) is 7.09. The van der Waals surface area contributed by atoms with Gasteiger partial charge in [-0.3, -0.25) is 0 Å². The average molecular weight is 449 g/mol. The molecule has 0 aromatic heterocycles. The van der Waals surface area contributed by atoms with Gasteiger partial charge in [0.1, 0.15) is 23.8 Å². The molecule has 0 aliphatic rings. The molecule has 11 heteroatoms. The Hall–Kier alpha value is -3.37. The maximum atomic E-state index is 13.0. The average Bonchev–Trinajstić information content (AvgIpc) is 2.70. The van der Waals surface area contributed by atoms with Crippen molar-refractivity contribution in [2.45, 2.75) is 19.0 Å². The Morgan fingerprint density at radius 1 is 0.968 bits per heavy atom. The van der Waals surface area contributed by atoms with E-state index in [4.69, 9.17) is 15.2 Å². The van der Waals surface area contributed by atoms with E-state index in [2.05, 4.69) is 4.74 Å². The van der Waals surface area contributed by atoms with Crippen LogP contribution in [0.25, 0.3) is 6.08 Å². The molecule has 2 N–H and O–H groups in total. The van der Waals surface area contributed by atoms with Gasteiger partial charge in [0.15, 0.2) is 0 Å². The smallest absolute Gasteiger partial charge is 0.416 e. The first-order chi connectivity index (χ1) is 14.3. The number of benzene rings is 2. The molecule has 31 heavy (non-hydrogen) atoms. The first-order valence-electron chi connectivity index (χ1n) is 8.50. The SMILES string of the molecule is COC(=O)/C(N)=C/c1ccc(OC)cc1OCc1cc(C(F)(F)F)cc(C(F)(F)F)c1. The molecule has 2 aromatic carbocycles. The zero-order chi connectivity index (χ0) is 23.4. The topological polar surface area (TPSA) is 70.8 Å². The molecule has 0 aliphatic carbocycles. The monoisotopic (exact) mass is 449 g/mol. The molecule has 2 rings (SSSR count). The van der Waals surface area contributed by atoms with Gasteiger partial charge in [0, 0.05) is 11.6 Å². The number of rotatable bonds is 6. The molecule has 0 unspecified atom stereocenters. The van der Waals surface area contributed by atoms with Crippen LogP contribution in [0.3, 0.4) is 0 Å². The summed E-state index contributed by atoms with van der Waals surface area (Å²) in [6.45, 7) is -0.626. The number of methoxy groups -OCH3 is 2. The number of carbonyl (C=O) groups excluding carboxylic acids is 1. The van der Waals surface area contributed by atoms with Gasteiger partial charge in [-0.15, -0.1) is 0 Å². The number of nitrogens with two attached hydrogens (primary N) is 1. The molecular formula is C20H17F6NO4. The van der Waals surface area contributed by atoms with E-state index in [0.29, 0.717) is 17.9 Å². The second-order valence-corrected chi connectivity index (χ2v) is 6.20. The Bertz CT molecular complexity index is 950. The van der Waals surface area contributed by atoms with Gasteiger partial charge in [-0.05, 0) is 42.0 Å². The van der Waals surface area contributed by atoms with Gasteiger partial charge in [0.25, 0.3) is 0 Å². The van der Waals surface area contributed by atoms with Gasteiger partial charge in [-0.25, -0.2) is 4.79 Å².